The van der Waals surface area contributed by atoms with Crippen molar-refractivity contribution in [2.75, 3.05) is 37.7 Å². The van der Waals surface area contributed by atoms with Crippen LogP contribution in [0.4, 0.5) is 10.5 Å². The van der Waals surface area contributed by atoms with Gasteiger partial charge in [-0.05, 0) is 45.9 Å². The highest BCUT2D eigenvalue weighted by Gasteiger charge is 2.26. The van der Waals surface area contributed by atoms with E-state index >= 15 is 0 Å². The second kappa shape index (κ2) is 7.76. The Morgan fingerprint density at radius 2 is 1.85 bits per heavy atom. The van der Waals surface area contributed by atoms with E-state index < -0.39 is 5.60 Å². The van der Waals surface area contributed by atoms with Crippen LogP contribution in [0.3, 0.4) is 0 Å². The summed E-state index contributed by atoms with van der Waals surface area (Å²) in [5.74, 6) is -0.278. The second-order valence-corrected chi connectivity index (χ2v) is 8.56. The van der Waals surface area contributed by atoms with Gasteiger partial charge in [-0.25, -0.2) is 9.59 Å². The molecule has 27 heavy (non-hydrogen) atoms. The Morgan fingerprint density at radius 1 is 1.15 bits per heavy atom. The van der Waals surface area contributed by atoms with Crippen LogP contribution in [-0.4, -0.2) is 55.3 Å². The Hall–Kier alpha value is -2.28. The van der Waals surface area contributed by atoms with Gasteiger partial charge >= 0.3 is 12.1 Å². The van der Waals surface area contributed by atoms with Gasteiger partial charge in [0.2, 0.25) is 0 Å². The molecule has 6 nitrogen and oxygen atoms in total. The molecular formula is C20H26N2O4S. The molecule has 3 rings (SSSR count). The minimum absolute atomic E-state index is 0.263. The number of fused-ring (bicyclic) bond motifs is 1. The molecule has 1 aromatic carbocycles. The molecule has 146 valence electrons. The third-order valence-corrected chi connectivity index (χ3v) is 5.37. The summed E-state index contributed by atoms with van der Waals surface area (Å²) < 4.78 is 11.6. The number of amides is 1. The van der Waals surface area contributed by atoms with E-state index in [1.165, 1.54) is 11.3 Å². The predicted octanol–water partition coefficient (Wildman–Crippen LogP) is 4.14. The van der Waals surface area contributed by atoms with Gasteiger partial charge in [-0.15, -0.1) is 11.3 Å². The van der Waals surface area contributed by atoms with Crippen molar-refractivity contribution in [2.24, 2.45) is 0 Å². The van der Waals surface area contributed by atoms with Gasteiger partial charge in [0, 0.05) is 42.0 Å². The third kappa shape index (κ3) is 4.53. The number of hydrogen-bond donors (Lipinski definition) is 0. The molecule has 2 aromatic rings. The predicted molar refractivity (Wildman–Crippen MR) is 108 cm³/mol. The summed E-state index contributed by atoms with van der Waals surface area (Å²) in [5.41, 5.74) is 0.600. The number of esters is 1. The molecule has 1 saturated heterocycles. The highest BCUT2D eigenvalue weighted by atomic mass is 32.1. The third-order valence-electron chi connectivity index (χ3n) is 4.29. The average molecular weight is 391 g/mol. The van der Waals surface area contributed by atoms with Crippen LogP contribution in [0.15, 0.2) is 24.3 Å². The molecule has 7 heteroatoms. The van der Waals surface area contributed by atoms with E-state index in [2.05, 4.69) is 11.0 Å². The van der Waals surface area contributed by atoms with E-state index in [1.54, 1.807) is 11.8 Å². The standard InChI is InChI=1S/C20H26N2O4S/c1-5-25-18(23)17-13-14-15(7-6-8-16(14)27-17)21-9-11-22(12-10-21)19(24)26-20(2,3)4/h6-8,13H,5,9-12H2,1-4H3. The number of piperazine rings is 1. The Morgan fingerprint density at radius 3 is 2.48 bits per heavy atom. The molecule has 0 N–H and O–H groups in total. The summed E-state index contributed by atoms with van der Waals surface area (Å²) in [4.78, 5) is 28.9. The van der Waals surface area contributed by atoms with E-state index in [4.69, 9.17) is 9.47 Å². The fraction of sp³-hybridized carbons (Fsp3) is 0.500. The van der Waals surface area contributed by atoms with Crippen LogP contribution in [0.5, 0.6) is 0 Å². The Labute approximate surface area is 163 Å². The lowest BCUT2D eigenvalue weighted by atomic mass is 10.1. The number of anilines is 1. The Kier molecular flexibility index (Phi) is 5.60. The lowest BCUT2D eigenvalue weighted by Crippen LogP contribution is -2.50. The molecule has 1 fully saturated rings. The number of thiophene rings is 1. The maximum Gasteiger partial charge on any atom is 0.410 e. The molecule has 0 radical (unpaired) electrons. The van der Waals surface area contributed by atoms with Crippen LogP contribution in [0.25, 0.3) is 10.1 Å². The van der Waals surface area contributed by atoms with Gasteiger partial charge in [-0.3, -0.25) is 0 Å². The topological polar surface area (TPSA) is 59.1 Å². The largest absolute Gasteiger partial charge is 0.462 e. The molecule has 1 amide bonds. The van der Waals surface area contributed by atoms with Gasteiger partial charge in [-0.2, -0.15) is 0 Å². The van der Waals surface area contributed by atoms with E-state index in [1.807, 2.05) is 39.0 Å². The molecule has 0 unspecified atom stereocenters. The van der Waals surface area contributed by atoms with Crippen LogP contribution in [-0.2, 0) is 9.47 Å². The number of ether oxygens (including phenoxy) is 2. The number of benzene rings is 1. The van der Waals surface area contributed by atoms with Crippen LogP contribution >= 0.6 is 11.3 Å². The number of carbonyl (C=O) groups excluding carboxylic acids is 2. The summed E-state index contributed by atoms with van der Waals surface area (Å²) in [5, 5.41) is 1.05. The molecule has 2 heterocycles. The second-order valence-electron chi connectivity index (χ2n) is 7.47. The maximum absolute atomic E-state index is 12.2. The lowest BCUT2D eigenvalue weighted by Gasteiger charge is -2.37. The van der Waals surface area contributed by atoms with Crippen molar-refractivity contribution in [3.8, 4) is 0 Å². The van der Waals surface area contributed by atoms with Gasteiger partial charge in [-0.1, -0.05) is 6.07 Å². The van der Waals surface area contributed by atoms with Gasteiger partial charge < -0.3 is 19.3 Å². The molecule has 0 bridgehead atoms. The van der Waals surface area contributed by atoms with Crippen molar-refractivity contribution >= 4 is 39.2 Å². The average Bonchev–Trinajstić information content (AvgIpc) is 3.05. The van der Waals surface area contributed by atoms with Crippen molar-refractivity contribution in [3.63, 3.8) is 0 Å². The minimum atomic E-state index is -0.486. The number of hydrogen-bond acceptors (Lipinski definition) is 6. The molecule has 1 aliphatic rings. The van der Waals surface area contributed by atoms with Crippen molar-refractivity contribution in [1.29, 1.82) is 0 Å². The summed E-state index contributed by atoms with van der Waals surface area (Å²) in [6.45, 7) is 10.5. The summed E-state index contributed by atoms with van der Waals surface area (Å²) in [6, 6.07) is 7.99. The molecule has 0 spiro atoms. The first-order valence-electron chi connectivity index (χ1n) is 9.21. The highest BCUT2D eigenvalue weighted by molar-refractivity contribution is 7.20. The van der Waals surface area contributed by atoms with E-state index in [0.717, 1.165) is 28.9 Å². The number of rotatable bonds is 3. The van der Waals surface area contributed by atoms with Gasteiger partial charge in [0.25, 0.3) is 0 Å². The van der Waals surface area contributed by atoms with Crippen LogP contribution < -0.4 is 4.90 Å². The quantitative estimate of drug-likeness (QED) is 0.738. The normalized spacial score (nSPS) is 15.1. The number of nitrogens with zero attached hydrogens (tertiary/aromatic N) is 2. The molecule has 0 aliphatic carbocycles. The molecule has 0 atom stereocenters. The molecular weight excluding hydrogens is 364 g/mol. The SMILES string of the molecule is CCOC(=O)c1cc2c(N3CCN(C(=O)OC(C)(C)C)CC3)cccc2s1. The van der Waals surface area contributed by atoms with Gasteiger partial charge in [0.05, 0.1) is 6.61 Å². The molecule has 1 aliphatic heterocycles. The maximum atomic E-state index is 12.2. The zero-order valence-electron chi connectivity index (χ0n) is 16.3. The lowest BCUT2D eigenvalue weighted by molar-refractivity contribution is 0.0240. The van der Waals surface area contributed by atoms with E-state index in [0.29, 0.717) is 24.6 Å². The Bertz CT molecular complexity index is 832. The first kappa shape index (κ1) is 19.5. The summed E-state index contributed by atoms with van der Waals surface area (Å²) in [6.07, 6.45) is -0.263. The van der Waals surface area contributed by atoms with Crippen LogP contribution in [0.1, 0.15) is 37.4 Å². The van der Waals surface area contributed by atoms with Crippen molar-refractivity contribution in [1.82, 2.24) is 4.90 Å². The summed E-state index contributed by atoms with van der Waals surface area (Å²) in [7, 11) is 0. The Balaban J connectivity index is 1.73. The fourth-order valence-electron chi connectivity index (χ4n) is 3.08. The number of carbonyl (C=O) groups is 2. The van der Waals surface area contributed by atoms with Gasteiger partial charge in [0.15, 0.2) is 0 Å². The highest BCUT2D eigenvalue weighted by Crippen LogP contribution is 2.34. The van der Waals surface area contributed by atoms with Crippen molar-refractivity contribution in [2.45, 2.75) is 33.3 Å². The van der Waals surface area contributed by atoms with Gasteiger partial charge in [0.1, 0.15) is 10.5 Å². The van der Waals surface area contributed by atoms with Crippen LogP contribution in [0.2, 0.25) is 0 Å². The van der Waals surface area contributed by atoms with E-state index in [9.17, 15) is 9.59 Å². The zero-order chi connectivity index (χ0) is 19.6. The molecule has 0 saturated carbocycles. The smallest absolute Gasteiger partial charge is 0.410 e. The monoisotopic (exact) mass is 390 g/mol. The fourth-order valence-corrected chi connectivity index (χ4v) is 4.06. The van der Waals surface area contributed by atoms with E-state index in [-0.39, 0.29) is 12.1 Å². The minimum Gasteiger partial charge on any atom is -0.462 e. The van der Waals surface area contributed by atoms with Crippen molar-refractivity contribution < 1.29 is 19.1 Å². The first-order chi connectivity index (χ1) is 12.8. The first-order valence-corrected chi connectivity index (χ1v) is 10.0. The molecule has 1 aromatic heterocycles. The zero-order valence-corrected chi connectivity index (χ0v) is 17.1. The van der Waals surface area contributed by atoms with Crippen molar-refractivity contribution in [3.05, 3.63) is 29.1 Å². The van der Waals surface area contributed by atoms with Crippen LogP contribution in [0, 0.1) is 0 Å². The summed E-state index contributed by atoms with van der Waals surface area (Å²) >= 11 is 1.45.